The van der Waals surface area contributed by atoms with Crippen molar-refractivity contribution in [3.63, 3.8) is 0 Å². The van der Waals surface area contributed by atoms with Crippen molar-refractivity contribution < 1.29 is 4.79 Å². The first-order chi connectivity index (χ1) is 6.87. The average molecular weight is 228 g/mol. The Kier molecular flexibility index (Phi) is 3.73. The van der Waals surface area contributed by atoms with Gasteiger partial charge in [-0.3, -0.25) is 9.89 Å². The number of amides is 1. The normalized spacial score (nSPS) is 11.5. The summed E-state index contributed by atoms with van der Waals surface area (Å²) in [4.78, 5) is 15.5. The Morgan fingerprint density at radius 2 is 2.20 bits per heavy atom. The Morgan fingerprint density at radius 3 is 2.67 bits per heavy atom. The van der Waals surface area contributed by atoms with Crippen molar-refractivity contribution >= 4 is 17.7 Å². The molecule has 1 aromatic heterocycles. The van der Waals surface area contributed by atoms with Crippen LogP contribution in [0, 0.1) is 6.92 Å². The van der Waals surface area contributed by atoms with Gasteiger partial charge in [-0.15, -0.1) is 5.10 Å². The van der Waals surface area contributed by atoms with Crippen molar-refractivity contribution in [3.8, 4) is 0 Å². The molecule has 0 atom stereocenters. The molecule has 0 aliphatic heterocycles. The van der Waals surface area contributed by atoms with E-state index in [-0.39, 0.29) is 11.4 Å². The number of nitrogens with one attached hydrogen (secondary N) is 2. The molecular formula is C9H16N4OS. The van der Waals surface area contributed by atoms with Gasteiger partial charge in [0, 0.05) is 5.54 Å². The zero-order chi connectivity index (χ0) is 11.5. The molecule has 1 amide bonds. The van der Waals surface area contributed by atoms with Gasteiger partial charge in [-0.25, -0.2) is 4.98 Å². The third kappa shape index (κ3) is 4.83. The minimum Gasteiger partial charge on any atom is -0.351 e. The van der Waals surface area contributed by atoms with Crippen LogP contribution in [0.4, 0.5) is 0 Å². The van der Waals surface area contributed by atoms with Gasteiger partial charge in [0.1, 0.15) is 5.82 Å². The van der Waals surface area contributed by atoms with E-state index in [1.54, 1.807) is 0 Å². The van der Waals surface area contributed by atoms with E-state index >= 15 is 0 Å². The molecule has 5 nitrogen and oxygen atoms in total. The molecule has 0 saturated heterocycles. The summed E-state index contributed by atoms with van der Waals surface area (Å²) >= 11 is 1.32. The van der Waals surface area contributed by atoms with Crippen molar-refractivity contribution in [2.45, 2.75) is 38.4 Å². The van der Waals surface area contributed by atoms with Crippen LogP contribution in [0.1, 0.15) is 26.6 Å². The van der Waals surface area contributed by atoms with Crippen LogP contribution in [0.15, 0.2) is 5.16 Å². The Balaban J connectivity index is 2.35. The first kappa shape index (κ1) is 12.0. The number of H-pyrrole nitrogens is 1. The van der Waals surface area contributed by atoms with Crippen LogP contribution >= 0.6 is 11.8 Å². The van der Waals surface area contributed by atoms with Crippen molar-refractivity contribution in [1.29, 1.82) is 0 Å². The smallest absolute Gasteiger partial charge is 0.230 e. The van der Waals surface area contributed by atoms with Gasteiger partial charge in [-0.05, 0) is 27.7 Å². The lowest BCUT2D eigenvalue weighted by Crippen LogP contribution is -2.41. The van der Waals surface area contributed by atoms with Gasteiger partial charge >= 0.3 is 0 Å². The second-order valence-corrected chi connectivity index (χ2v) is 5.23. The van der Waals surface area contributed by atoms with E-state index in [9.17, 15) is 4.79 Å². The fraction of sp³-hybridized carbons (Fsp3) is 0.667. The number of hydrogen-bond acceptors (Lipinski definition) is 4. The summed E-state index contributed by atoms with van der Waals surface area (Å²) in [5.74, 6) is 1.10. The number of carbonyl (C=O) groups excluding carboxylic acids is 1. The third-order valence-electron chi connectivity index (χ3n) is 1.42. The molecule has 0 radical (unpaired) electrons. The van der Waals surface area contributed by atoms with Crippen LogP contribution in [0.3, 0.4) is 0 Å². The first-order valence-corrected chi connectivity index (χ1v) is 5.68. The van der Waals surface area contributed by atoms with E-state index in [1.165, 1.54) is 11.8 Å². The molecule has 0 aliphatic carbocycles. The molecule has 1 rings (SSSR count). The summed E-state index contributed by atoms with van der Waals surface area (Å²) in [6.07, 6.45) is 0. The highest BCUT2D eigenvalue weighted by molar-refractivity contribution is 7.99. The largest absolute Gasteiger partial charge is 0.351 e. The van der Waals surface area contributed by atoms with Gasteiger partial charge in [-0.2, -0.15) is 0 Å². The van der Waals surface area contributed by atoms with E-state index < -0.39 is 0 Å². The Labute approximate surface area is 93.4 Å². The van der Waals surface area contributed by atoms with Gasteiger partial charge in [0.15, 0.2) is 0 Å². The summed E-state index contributed by atoms with van der Waals surface area (Å²) in [6.45, 7) is 7.68. The van der Waals surface area contributed by atoms with Gasteiger partial charge in [0.05, 0.1) is 5.75 Å². The van der Waals surface area contributed by atoms with E-state index in [0.29, 0.717) is 10.9 Å². The number of nitrogens with zero attached hydrogens (tertiary/aromatic N) is 2. The minimum absolute atomic E-state index is 0.00467. The van der Waals surface area contributed by atoms with Crippen molar-refractivity contribution in [3.05, 3.63) is 5.82 Å². The molecule has 0 spiro atoms. The molecule has 0 aliphatic rings. The fourth-order valence-corrected chi connectivity index (χ4v) is 1.62. The lowest BCUT2D eigenvalue weighted by atomic mass is 10.1. The number of rotatable bonds is 3. The van der Waals surface area contributed by atoms with Crippen LogP contribution in [0.2, 0.25) is 0 Å². The quantitative estimate of drug-likeness (QED) is 0.761. The second kappa shape index (κ2) is 4.65. The number of thioether (sulfide) groups is 1. The molecule has 84 valence electrons. The molecule has 0 bridgehead atoms. The molecule has 0 fully saturated rings. The number of hydrogen-bond donors (Lipinski definition) is 2. The summed E-state index contributed by atoms with van der Waals surface area (Å²) in [7, 11) is 0. The molecule has 2 N–H and O–H groups in total. The SMILES string of the molecule is Cc1nc(SCC(=O)NC(C)(C)C)n[nH]1. The van der Waals surface area contributed by atoms with Crippen molar-refractivity contribution in [2.24, 2.45) is 0 Å². The second-order valence-electron chi connectivity index (χ2n) is 4.29. The van der Waals surface area contributed by atoms with E-state index in [4.69, 9.17) is 0 Å². The maximum Gasteiger partial charge on any atom is 0.230 e. The van der Waals surface area contributed by atoms with Crippen molar-refractivity contribution in [1.82, 2.24) is 20.5 Å². The lowest BCUT2D eigenvalue weighted by Gasteiger charge is -2.19. The summed E-state index contributed by atoms with van der Waals surface area (Å²) in [5, 5.41) is 10.1. The third-order valence-corrected chi connectivity index (χ3v) is 2.27. The van der Waals surface area contributed by atoms with Crippen LogP contribution in [-0.4, -0.2) is 32.4 Å². The number of carbonyl (C=O) groups is 1. The van der Waals surface area contributed by atoms with Crippen LogP contribution < -0.4 is 5.32 Å². The maximum atomic E-state index is 11.4. The van der Waals surface area contributed by atoms with Crippen LogP contribution in [0.5, 0.6) is 0 Å². The topological polar surface area (TPSA) is 70.7 Å². The van der Waals surface area contributed by atoms with Crippen LogP contribution in [0.25, 0.3) is 0 Å². The maximum absolute atomic E-state index is 11.4. The van der Waals surface area contributed by atoms with Gasteiger partial charge in [0.25, 0.3) is 0 Å². The number of aromatic amines is 1. The lowest BCUT2D eigenvalue weighted by molar-refractivity contribution is -0.119. The van der Waals surface area contributed by atoms with Gasteiger partial charge in [-0.1, -0.05) is 11.8 Å². The zero-order valence-corrected chi connectivity index (χ0v) is 10.2. The standard InChI is InChI=1S/C9H16N4OS/c1-6-10-8(13-12-6)15-5-7(14)11-9(2,3)4/h5H2,1-4H3,(H,11,14)(H,10,12,13). The highest BCUT2D eigenvalue weighted by Crippen LogP contribution is 2.11. The van der Waals surface area contributed by atoms with Crippen LogP contribution in [-0.2, 0) is 4.79 Å². The highest BCUT2D eigenvalue weighted by atomic mass is 32.2. The van der Waals surface area contributed by atoms with Gasteiger partial charge < -0.3 is 5.32 Å². The van der Waals surface area contributed by atoms with E-state index in [1.807, 2.05) is 27.7 Å². The molecule has 0 aromatic carbocycles. The predicted octanol–water partition coefficient (Wildman–Crippen LogP) is 1.12. The van der Waals surface area contributed by atoms with Gasteiger partial charge in [0.2, 0.25) is 11.1 Å². The molecule has 1 heterocycles. The molecule has 0 unspecified atom stereocenters. The Hall–Kier alpha value is -1.04. The molecule has 6 heteroatoms. The summed E-state index contributed by atoms with van der Waals surface area (Å²) in [5.41, 5.74) is -0.188. The number of aromatic nitrogens is 3. The molecular weight excluding hydrogens is 212 g/mol. The molecule has 1 aromatic rings. The monoisotopic (exact) mass is 228 g/mol. The Bertz CT molecular complexity index is 342. The Morgan fingerprint density at radius 1 is 1.53 bits per heavy atom. The van der Waals surface area contributed by atoms with E-state index in [0.717, 1.165) is 5.82 Å². The molecule has 15 heavy (non-hydrogen) atoms. The summed E-state index contributed by atoms with van der Waals surface area (Å²) < 4.78 is 0. The molecule has 0 saturated carbocycles. The number of aryl methyl sites for hydroxylation is 1. The van der Waals surface area contributed by atoms with E-state index in [2.05, 4.69) is 20.5 Å². The van der Waals surface area contributed by atoms with Crippen molar-refractivity contribution in [2.75, 3.05) is 5.75 Å². The highest BCUT2D eigenvalue weighted by Gasteiger charge is 2.14. The minimum atomic E-state index is -0.188. The predicted molar refractivity (Wildman–Crippen MR) is 59.7 cm³/mol. The average Bonchev–Trinajstić information content (AvgIpc) is 2.45. The zero-order valence-electron chi connectivity index (χ0n) is 9.42. The fourth-order valence-electron chi connectivity index (χ4n) is 0.971. The summed E-state index contributed by atoms with van der Waals surface area (Å²) in [6, 6.07) is 0. The first-order valence-electron chi connectivity index (χ1n) is 4.69.